The number of nitrogens with two attached hydrogens (primary N) is 1. The standard InChI is InChI=1S/C21H21N5O4/c1-11-17(19(22)28)18(12-5-4-6-14(27)9-12)26-21(23-11)24-20(25-26)13-7-8-15(29-2)16(10-13)30-3/h4-10,18,27H,1-3H3,(H2,22,28)(H,23,24,25). The number of carbonyl (C=O) groups is 1. The van der Waals surface area contributed by atoms with E-state index in [1.807, 2.05) is 6.07 Å². The van der Waals surface area contributed by atoms with E-state index in [2.05, 4.69) is 15.4 Å². The van der Waals surface area contributed by atoms with Crippen molar-refractivity contribution in [2.45, 2.75) is 13.0 Å². The average Bonchev–Trinajstić information content (AvgIpc) is 3.15. The molecular weight excluding hydrogens is 386 g/mol. The van der Waals surface area contributed by atoms with Gasteiger partial charge in [-0.3, -0.25) is 4.79 Å². The molecule has 9 heteroatoms. The number of nitrogens with one attached hydrogen (secondary N) is 1. The minimum absolute atomic E-state index is 0.0780. The lowest BCUT2D eigenvalue weighted by molar-refractivity contribution is -0.115. The minimum atomic E-state index is -0.632. The zero-order valence-electron chi connectivity index (χ0n) is 16.7. The molecule has 0 aliphatic carbocycles. The summed E-state index contributed by atoms with van der Waals surface area (Å²) in [4.78, 5) is 16.8. The summed E-state index contributed by atoms with van der Waals surface area (Å²) in [6.07, 6.45) is 0. The van der Waals surface area contributed by atoms with E-state index in [9.17, 15) is 9.90 Å². The number of primary amides is 1. The van der Waals surface area contributed by atoms with Crippen molar-refractivity contribution in [1.29, 1.82) is 0 Å². The molecule has 4 rings (SSSR count). The van der Waals surface area contributed by atoms with Gasteiger partial charge in [-0.1, -0.05) is 12.1 Å². The SMILES string of the molecule is COc1ccc(-c2nc3n(n2)C(c2cccc(O)c2)C(C(N)=O)=C(C)N3)cc1OC. The third-order valence-corrected chi connectivity index (χ3v) is 4.95. The summed E-state index contributed by atoms with van der Waals surface area (Å²) >= 11 is 0. The van der Waals surface area contributed by atoms with Crippen molar-refractivity contribution in [2.75, 3.05) is 19.5 Å². The van der Waals surface area contributed by atoms with E-state index in [1.165, 1.54) is 0 Å². The van der Waals surface area contributed by atoms with Crippen LogP contribution in [0.15, 0.2) is 53.7 Å². The summed E-state index contributed by atoms with van der Waals surface area (Å²) in [7, 11) is 3.12. The second-order valence-electron chi connectivity index (χ2n) is 6.80. The van der Waals surface area contributed by atoms with Crippen LogP contribution in [0.5, 0.6) is 17.2 Å². The molecule has 3 aromatic rings. The van der Waals surface area contributed by atoms with Gasteiger partial charge in [0.15, 0.2) is 17.3 Å². The second kappa shape index (κ2) is 7.43. The Morgan fingerprint density at radius 3 is 2.60 bits per heavy atom. The van der Waals surface area contributed by atoms with Crippen LogP contribution >= 0.6 is 0 Å². The summed E-state index contributed by atoms with van der Waals surface area (Å²) in [5.74, 6) is 1.52. The maximum Gasteiger partial charge on any atom is 0.248 e. The van der Waals surface area contributed by atoms with E-state index < -0.39 is 11.9 Å². The maximum absolute atomic E-state index is 12.2. The number of aromatic hydroxyl groups is 1. The fourth-order valence-corrected chi connectivity index (χ4v) is 3.57. The molecule has 0 radical (unpaired) electrons. The number of rotatable bonds is 5. The number of hydrogen-bond donors (Lipinski definition) is 3. The van der Waals surface area contributed by atoms with Gasteiger partial charge in [-0.2, -0.15) is 4.98 Å². The molecule has 0 fully saturated rings. The van der Waals surface area contributed by atoms with Crippen LogP contribution in [0.2, 0.25) is 0 Å². The van der Waals surface area contributed by atoms with Crippen LogP contribution in [0.4, 0.5) is 5.95 Å². The molecule has 0 bridgehead atoms. The van der Waals surface area contributed by atoms with E-state index >= 15 is 0 Å². The fourth-order valence-electron chi connectivity index (χ4n) is 3.57. The zero-order valence-corrected chi connectivity index (χ0v) is 16.7. The van der Waals surface area contributed by atoms with Crippen LogP contribution in [-0.2, 0) is 4.79 Å². The Morgan fingerprint density at radius 2 is 1.93 bits per heavy atom. The Hall–Kier alpha value is -4.01. The van der Waals surface area contributed by atoms with Crippen molar-refractivity contribution in [2.24, 2.45) is 5.73 Å². The Kier molecular flexibility index (Phi) is 4.78. The number of anilines is 1. The first-order chi connectivity index (χ1) is 14.4. The second-order valence-corrected chi connectivity index (χ2v) is 6.80. The lowest BCUT2D eigenvalue weighted by atomic mass is 9.95. The predicted octanol–water partition coefficient (Wildman–Crippen LogP) is 2.44. The number of benzene rings is 2. The van der Waals surface area contributed by atoms with Crippen molar-refractivity contribution in [3.8, 4) is 28.6 Å². The first-order valence-corrected chi connectivity index (χ1v) is 9.18. The monoisotopic (exact) mass is 407 g/mol. The molecule has 1 aliphatic rings. The number of ether oxygens (including phenoxy) is 2. The minimum Gasteiger partial charge on any atom is -0.508 e. The molecule has 2 aromatic carbocycles. The number of fused-ring (bicyclic) bond motifs is 1. The van der Waals surface area contributed by atoms with Crippen molar-refractivity contribution in [3.63, 3.8) is 0 Å². The van der Waals surface area contributed by atoms with E-state index in [0.29, 0.717) is 45.7 Å². The third kappa shape index (κ3) is 3.20. The molecule has 4 N–H and O–H groups in total. The molecule has 30 heavy (non-hydrogen) atoms. The summed E-state index contributed by atoms with van der Waals surface area (Å²) in [5.41, 5.74) is 7.97. The highest BCUT2D eigenvalue weighted by Crippen LogP contribution is 2.38. The molecular formula is C21H21N5O4. The summed E-state index contributed by atoms with van der Waals surface area (Å²) in [6.45, 7) is 1.75. The van der Waals surface area contributed by atoms with Gasteiger partial charge in [0, 0.05) is 11.3 Å². The lowest BCUT2D eigenvalue weighted by Crippen LogP contribution is -2.31. The molecule has 154 valence electrons. The van der Waals surface area contributed by atoms with Crippen LogP contribution in [0.3, 0.4) is 0 Å². The van der Waals surface area contributed by atoms with E-state index in [0.717, 1.165) is 0 Å². The third-order valence-electron chi connectivity index (χ3n) is 4.95. The number of phenolic OH excluding ortho intramolecular Hbond substituents is 1. The number of amides is 1. The van der Waals surface area contributed by atoms with Crippen molar-refractivity contribution >= 4 is 11.9 Å². The highest BCUT2D eigenvalue weighted by Gasteiger charge is 2.33. The molecule has 2 heterocycles. The number of carbonyl (C=O) groups excluding carboxylic acids is 1. The fraction of sp³-hybridized carbons (Fsp3) is 0.190. The average molecular weight is 407 g/mol. The largest absolute Gasteiger partial charge is 0.508 e. The van der Waals surface area contributed by atoms with Crippen LogP contribution in [0, 0.1) is 0 Å². The number of nitrogens with zero attached hydrogens (tertiary/aromatic N) is 3. The molecule has 1 unspecified atom stereocenters. The van der Waals surface area contributed by atoms with Gasteiger partial charge in [0.05, 0.1) is 19.8 Å². The summed E-state index contributed by atoms with van der Waals surface area (Å²) < 4.78 is 12.2. The van der Waals surface area contributed by atoms with Crippen molar-refractivity contribution in [1.82, 2.24) is 14.8 Å². The van der Waals surface area contributed by atoms with Crippen LogP contribution < -0.4 is 20.5 Å². The number of hydrogen-bond acceptors (Lipinski definition) is 7. The van der Waals surface area contributed by atoms with Crippen LogP contribution in [0.1, 0.15) is 18.5 Å². The van der Waals surface area contributed by atoms with Gasteiger partial charge in [0.1, 0.15) is 11.8 Å². The summed E-state index contributed by atoms with van der Waals surface area (Å²) in [6, 6.07) is 11.4. The number of methoxy groups -OCH3 is 2. The van der Waals surface area contributed by atoms with Crippen molar-refractivity contribution < 1.29 is 19.4 Å². The first kappa shape index (κ1) is 19.3. The Morgan fingerprint density at radius 1 is 1.17 bits per heavy atom. The predicted molar refractivity (Wildman–Crippen MR) is 110 cm³/mol. The summed E-state index contributed by atoms with van der Waals surface area (Å²) in [5, 5.41) is 17.7. The highest BCUT2D eigenvalue weighted by molar-refractivity contribution is 5.95. The molecule has 0 saturated heterocycles. The molecule has 1 aromatic heterocycles. The number of aromatic nitrogens is 3. The van der Waals surface area contributed by atoms with Gasteiger partial charge in [-0.25, -0.2) is 4.68 Å². The van der Waals surface area contributed by atoms with E-state index in [1.54, 1.807) is 62.2 Å². The van der Waals surface area contributed by atoms with Crippen LogP contribution in [0.25, 0.3) is 11.4 Å². The molecule has 0 saturated carbocycles. The normalized spacial score (nSPS) is 15.4. The lowest BCUT2D eigenvalue weighted by Gasteiger charge is -2.27. The molecule has 9 nitrogen and oxygen atoms in total. The van der Waals surface area contributed by atoms with E-state index in [-0.39, 0.29) is 5.75 Å². The smallest absolute Gasteiger partial charge is 0.248 e. The van der Waals surface area contributed by atoms with Gasteiger partial charge in [0.25, 0.3) is 0 Å². The molecule has 1 amide bonds. The topological polar surface area (TPSA) is 125 Å². The van der Waals surface area contributed by atoms with Gasteiger partial charge in [-0.05, 0) is 42.8 Å². The number of allylic oxidation sites excluding steroid dienone is 1. The quantitative estimate of drug-likeness (QED) is 0.593. The van der Waals surface area contributed by atoms with Gasteiger partial charge in [-0.15, -0.1) is 5.10 Å². The van der Waals surface area contributed by atoms with Crippen LogP contribution in [-0.4, -0.2) is 40.0 Å². The Labute approximate surface area is 172 Å². The zero-order chi connectivity index (χ0) is 21.4. The van der Waals surface area contributed by atoms with Gasteiger partial charge in [0.2, 0.25) is 11.9 Å². The van der Waals surface area contributed by atoms with Gasteiger partial charge >= 0.3 is 0 Å². The Bertz CT molecular complexity index is 1170. The maximum atomic E-state index is 12.2. The van der Waals surface area contributed by atoms with E-state index in [4.69, 9.17) is 15.2 Å². The molecule has 1 atom stereocenters. The number of phenols is 1. The highest BCUT2D eigenvalue weighted by atomic mass is 16.5. The van der Waals surface area contributed by atoms with Gasteiger partial charge < -0.3 is 25.6 Å². The molecule has 0 spiro atoms. The molecule has 1 aliphatic heterocycles. The van der Waals surface area contributed by atoms with Crippen molar-refractivity contribution in [3.05, 3.63) is 59.3 Å². The first-order valence-electron chi connectivity index (χ1n) is 9.18. The Balaban J connectivity index is 1.86.